The van der Waals surface area contributed by atoms with Crippen LogP contribution >= 0.6 is 0 Å². The van der Waals surface area contributed by atoms with Crippen molar-refractivity contribution in [1.82, 2.24) is 4.90 Å². The van der Waals surface area contributed by atoms with Crippen LogP contribution in [0.15, 0.2) is 66.7 Å². The van der Waals surface area contributed by atoms with Gasteiger partial charge in [-0.15, -0.1) is 0 Å². The van der Waals surface area contributed by atoms with Gasteiger partial charge in [0.1, 0.15) is 5.82 Å². The summed E-state index contributed by atoms with van der Waals surface area (Å²) in [6.07, 6.45) is 0. The van der Waals surface area contributed by atoms with Gasteiger partial charge in [0, 0.05) is 13.1 Å². The molecule has 0 aliphatic heterocycles. The lowest BCUT2D eigenvalue weighted by Gasteiger charge is -2.21. The van der Waals surface area contributed by atoms with E-state index < -0.39 is 5.97 Å². The van der Waals surface area contributed by atoms with E-state index in [2.05, 4.69) is 0 Å². The summed E-state index contributed by atoms with van der Waals surface area (Å²) in [5.74, 6) is -1.22. The molecule has 0 aromatic heterocycles. The molecule has 0 heterocycles. The number of rotatable bonds is 6. The maximum atomic E-state index is 13.3. The fourth-order valence-corrected chi connectivity index (χ4v) is 2.85. The van der Waals surface area contributed by atoms with Crippen LogP contribution in [-0.2, 0) is 16.1 Å². The number of fused-ring (bicyclic) bond motifs is 1. The minimum atomic E-state index is -0.545. The molecular formula is C22H20FNO3. The second-order valence-corrected chi connectivity index (χ2v) is 6.18. The Labute approximate surface area is 157 Å². The number of likely N-dealkylation sites (N-methyl/N-ethyl adjacent to an activating group) is 1. The molecule has 0 N–H and O–H groups in total. The molecule has 3 aromatic carbocycles. The van der Waals surface area contributed by atoms with E-state index in [-0.39, 0.29) is 24.9 Å². The molecule has 5 heteroatoms. The lowest BCUT2D eigenvalue weighted by Crippen LogP contribution is -2.34. The zero-order valence-corrected chi connectivity index (χ0v) is 15.0. The fourth-order valence-electron chi connectivity index (χ4n) is 2.85. The van der Waals surface area contributed by atoms with E-state index in [1.165, 1.54) is 17.0 Å². The van der Waals surface area contributed by atoms with E-state index in [0.717, 1.165) is 10.8 Å². The largest absolute Gasteiger partial charge is 0.452 e. The van der Waals surface area contributed by atoms with Crippen molar-refractivity contribution >= 4 is 22.6 Å². The van der Waals surface area contributed by atoms with Crippen LogP contribution in [0, 0.1) is 5.82 Å². The number of benzene rings is 3. The normalized spacial score (nSPS) is 10.6. The lowest BCUT2D eigenvalue weighted by atomic mass is 10.1. The van der Waals surface area contributed by atoms with Crippen LogP contribution in [0.1, 0.15) is 22.8 Å². The first kappa shape index (κ1) is 18.6. The Morgan fingerprint density at radius 2 is 1.74 bits per heavy atom. The van der Waals surface area contributed by atoms with Gasteiger partial charge in [-0.1, -0.05) is 42.5 Å². The van der Waals surface area contributed by atoms with Gasteiger partial charge in [0.25, 0.3) is 5.91 Å². The van der Waals surface area contributed by atoms with Crippen LogP contribution in [0.5, 0.6) is 0 Å². The molecule has 4 nitrogen and oxygen atoms in total. The number of hydrogen-bond acceptors (Lipinski definition) is 3. The number of carbonyl (C=O) groups is 2. The van der Waals surface area contributed by atoms with Crippen molar-refractivity contribution in [3.8, 4) is 0 Å². The summed E-state index contributed by atoms with van der Waals surface area (Å²) < 4.78 is 18.5. The van der Waals surface area contributed by atoms with Crippen LogP contribution in [0.25, 0.3) is 10.8 Å². The first-order chi connectivity index (χ1) is 13.1. The maximum Gasteiger partial charge on any atom is 0.338 e. The monoisotopic (exact) mass is 365 g/mol. The molecule has 0 aliphatic carbocycles. The van der Waals surface area contributed by atoms with Crippen LogP contribution < -0.4 is 0 Å². The molecule has 0 fully saturated rings. The average Bonchev–Trinajstić information content (AvgIpc) is 2.69. The fraction of sp³-hybridized carbons (Fsp3) is 0.182. The number of hydrogen-bond donors (Lipinski definition) is 0. The predicted octanol–water partition coefficient (Wildman–Crippen LogP) is 4.18. The number of halogens is 1. The highest BCUT2D eigenvalue weighted by molar-refractivity contribution is 5.96. The third-order valence-electron chi connectivity index (χ3n) is 4.31. The van der Waals surface area contributed by atoms with E-state index >= 15 is 0 Å². The van der Waals surface area contributed by atoms with Gasteiger partial charge in [-0.2, -0.15) is 0 Å². The van der Waals surface area contributed by atoms with Gasteiger partial charge in [0.15, 0.2) is 6.61 Å². The van der Waals surface area contributed by atoms with Crippen LogP contribution in [-0.4, -0.2) is 29.9 Å². The second kappa shape index (κ2) is 8.45. The van der Waals surface area contributed by atoms with Gasteiger partial charge >= 0.3 is 5.97 Å². The Kier molecular flexibility index (Phi) is 5.81. The van der Waals surface area contributed by atoms with Gasteiger partial charge in [0.2, 0.25) is 0 Å². The smallest absolute Gasteiger partial charge is 0.338 e. The first-order valence-corrected chi connectivity index (χ1v) is 8.75. The van der Waals surface area contributed by atoms with Gasteiger partial charge in [-0.05, 0) is 47.5 Å². The summed E-state index contributed by atoms with van der Waals surface area (Å²) in [6.45, 7) is 2.17. The van der Waals surface area contributed by atoms with Crippen molar-refractivity contribution in [3.63, 3.8) is 0 Å². The molecule has 3 rings (SSSR count). The van der Waals surface area contributed by atoms with Crippen molar-refractivity contribution in [2.24, 2.45) is 0 Å². The number of amides is 1. The maximum absolute atomic E-state index is 13.3. The zero-order valence-electron chi connectivity index (χ0n) is 15.0. The third-order valence-corrected chi connectivity index (χ3v) is 4.31. The second-order valence-electron chi connectivity index (χ2n) is 6.18. The van der Waals surface area contributed by atoms with E-state index in [1.54, 1.807) is 24.3 Å². The minimum Gasteiger partial charge on any atom is -0.452 e. The molecule has 1 amide bonds. The minimum absolute atomic E-state index is 0.265. The van der Waals surface area contributed by atoms with Crippen molar-refractivity contribution < 1.29 is 18.7 Å². The Morgan fingerprint density at radius 1 is 0.963 bits per heavy atom. The van der Waals surface area contributed by atoms with E-state index in [0.29, 0.717) is 17.7 Å². The molecule has 0 aliphatic rings. The van der Waals surface area contributed by atoms with Gasteiger partial charge in [-0.3, -0.25) is 4.79 Å². The summed E-state index contributed by atoms with van der Waals surface area (Å²) in [5.41, 5.74) is 1.08. The van der Waals surface area contributed by atoms with Crippen LogP contribution in [0.4, 0.5) is 4.39 Å². The summed E-state index contributed by atoms with van der Waals surface area (Å²) in [6, 6.07) is 19.0. The molecule has 0 radical (unpaired) electrons. The molecule has 27 heavy (non-hydrogen) atoms. The van der Waals surface area contributed by atoms with Crippen molar-refractivity contribution in [2.75, 3.05) is 13.2 Å². The quantitative estimate of drug-likeness (QED) is 0.616. The standard InChI is InChI=1S/C22H20FNO3/c1-2-24(14-16-6-5-9-20(23)12-16)21(25)15-27-22(26)19-11-10-17-7-3-4-8-18(17)13-19/h3-13H,2,14-15H2,1H3. The highest BCUT2D eigenvalue weighted by Gasteiger charge is 2.16. The number of esters is 1. The van der Waals surface area contributed by atoms with Gasteiger partial charge in [-0.25, -0.2) is 9.18 Å². The SMILES string of the molecule is CCN(Cc1cccc(F)c1)C(=O)COC(=O)c1ccc2ccccc2c1. The predicted molar refractivity (Wildman–Crippen MR) is 102 cm³/mol. The molecule has 138 valence electrons. The molecule has 0 bridgehead atoms. The molecule has 3 aromatic rings. The Balaban J connectivity index is 1.61. The number of ether oxygens (including phenoxy) is 1. The topological polar surface area (TPSA) is 46.6 Å². The summed E-state index contributed by atoms with van der Waals surface area (Å²) >= 11 is 0. The number of nitrogens with zero attached hydrogens (tertiary/aromatic N) is 1. The summed E-state index contributed by atoms with van der Waals surface area (Å²) in [5, 5.41) is 1.96. The average molecular weight is 365 g/mol. The van der Waals surface area contributed by atoms with Gasteiger partial charge in [0.05, 0.1) is 5.56 Å². The van der Waals surface area contributed by atoms with Crippen LogP contribution in [0.3, 0.4) is 0 Å². The molecule has 0 spiro atoms. The van der Waals surface area contributed by atoms with E-state index in [4.69, 9.17) is 4.74 Å². The lowest BCUT2D eigenvalue weighted by molar-refractivity contribution is -0.134. The van der Waals surface area contributed by atoms with Crippen molar-refractivity contribution in [1.29, 1.82) is 0 Å². The molecule has 0 saturated heterocycles. The summed E-state index contributed by atoms with van der Waals surface area (Å²) in [7, 11) is 0. The Hall–Kier alpha value is -3.21. The third kappa shape index (κ3) is 4.70. The molecule has 0 atom stereocenters. The Morgan fingerprint density at radius 3 is 2.48 bits per heavy atom. The molecular weight excluding hydrogens is 345 g/mol. The molecule has 0 unspecified atom stereocenters. The number of carbonyl (C=O) groups excluding carboxylic acids is 2. The Bertz CT molecular complexity index is 970. The zero-order chi connectivity index (χ0) is 19.2. The highest BCUT2D eigenvalue weighted by Crippen LogP contribution is 2.16. The van der Waals surface area contributed by atoms with Crippen molar-refractivity contribution in [2.45, 2.75) is 13.5 Å². The molecule has 0 saturated carbocycles. The van der Waals surface area contributed by atoms with Crippen molar-refractivity contribution in [3.05, 3.63) is 83.7 Å². The van der Waals surface area contributed by atoms with E-state index in [1.807, 2.05) is 37.3 Å². The first-order valence-electron chi connectivity index (χ1n) is 8.75. The van der Waals surface area contributed by atoms with Gasteiger partial charge < -0.3 is 9.64 Å². The summed E-state index contributed by atoms with van der Waals surface area (Å²) in [4.78, 5) is 26.1. The van der Waals surface area contributed by atoms with E-state index in [9.17, 15) is 14.0 Å². The highest BCUT2D eigenvalue weighted by atomic mass is 19.1. The van der Waals surface area contributed by atoms with Crippen LogP contribution in [0.2, 0.25) is 0 Å².